The summed E-state index contributed by atoms with van der Waals surface area (Å²) in [6.45, 7) is 3.97. The topological polar surface area (TPSA) is 80.5 Å². The average molecular weight is 284 g/mol. The minimum absolute atomic E-state index is 0.119. The fraction of sp³-hybridized carbons (Fsp3) is 0.667. The van der Waals surface area contributed by atoms with E-state index in [-0.39, 0.29) is 5.91 Å². The molecule has 3 N–H and O–H groups in total. The van der Waals surface area contributed by atoms with Crippen LogP contribution in [0.25, 0.3) is 0 Å². The second-order valence-electron chi connectivity index (χ2n) is 4.61. The Morgan fingerprint density at radius 2 is 2.37 bits per heavy atom. The van der Waals surface area contributed by atoms with Gasteiger partial charge in [-0.05, 0) is 31.3 Å². The lowest BCUT2D eigenvalue weighted by Gasteiger charge is -2.18. The molecular formula is C12H20N4O2S. The number of ether oxygens (including phenoxy) is 1. The van der Waals surface area contributed by atoms with Crippen LogP contribution < -0.4 is 16.0 Å². The van der Waals surface area contributed by atoms with E-state index in [1.165, 1.54) is 11.5 Å². The maximum Gasteiger partial charge on any atom is 0.258 e. The van der Waals surface area contributed by atoms with E-state index in [0.29, 0.717) is 37.2 Å². The van der Waals surface area contributed by atoms with Crippen molar-refractivity contribution in [2.45, 2.75) is 25.8 Å². The monoisotopic (exact) mass is 284 g/mol. The Labute approximate surface area is 117 Å². The molecule has 0 aliphatic heterocycles. The van der Waals surface area contributed by atoms with Crippen molar-refractivity contribution in [3.63, 3.8) is 0 Å². The fourth-order valence-electron chi connectivity index (χ4n) is 1.70. The smallest absolute Gasteiger partial charge is 0.258 e. The molecular weight excluding hydrogens is 264 g/mol. The summed E-state index contributed by atoms with van der Waals surface area (Å²) in [7, 11) is 1.92. The quantitative estimate of drug-likeness (QED) is 0.733. The second kappa shape index (κ2) is 6.21. The largest absolute Gasteiger partial charge is 0.382 e. The third kappa shape index (κ3) is 3.57. The summed E-state index contributed by atoms with van der Waals surface area (Å²) in [5.41, 5.74) is 6.31. The Bertz CT molecular complexity index is 445. The van der Waals surface area contributed by atoms with Gasteiger partial charge in [0.05, 0.1) is 6.61 Å². The van der Waals surface area contributed by atoms with Crippen LogP contribution in [0, 0.1) is 0 Å². The molecule has 7 heteroatoms. The Hall–Kier alpha value is -1.34. The number of nitrogens with zero attached hydrogens (tertiary/aromatic N) is 2. The van der Waals surface area contributed by atoms with Gasteiger partial charge in [0.15, 0.2) is 5.82 Å². The van der Waals surface area contributed by atoms with E-state index in [4.69, 9.17) is 10.5 Å². The van der Waals surface area contributed by atoms with Crippen molar-refractivity contribution in [1.29, 1.82) is 0 Å². The van der Waals surface area contributed by atoms with Crippen molar-refractivity contribution in [2.24, 2.45) is 0 Å². The van der Waals surface area contributed by atoms with Gasteiger partial charge in [-0.15, -0.1) is 0 Å². The molecule has 1 aromatic heterocycles. The number of likely N-dealkylation sites (N-methyl/N-ethyl adjacent to an activating group) is 1. The van der Waals surface area contributed by atoms with Gasteiger partial charge in [-0.3, -0.25) is 4.79 Å². The van der Waals surface area contributed by atoms with Gasteiger partial charge < -0.3 is 20.7 Å². The lowest BCUT2D eigenvalue weighted by atomic mass is 10.2. The van der Waals surface area contributed by atoms with Crippen LogP contribution in [0.5, 0.6) is 0 Å². The molecule has 1 heterocycles. The first kappa shape index (κ1) is 14.1. The molecule has 0 bridgehead atoms. The van der Waals surface area contributed by atoms with Crippen LogP contribution in [0.2, 0.25) is 0 Å². The molecule has 1 saturated carbocycles. The molecule has 19 heavy (non-hydrogen) atoms. The number of nitrogens with two attached hydrogens (primary N) is 1. The number of hydrogen-bond acceptors (Lipinski definition) is 6. The third-order valence-corrected chi connectivity index (χ3v) is 3.94. The average Bonchev–Trinajstić information content (AvgIpc) is 3.09. The van der Waals surface area contributed by atoms with Crippen LogP contribution in [0.3, 0.4) is 0 Å². The standard InChI is InChI=1S/C12H20N4O2S/c1-3-18-7-6-16(2)12-9(10(13)15-19-12)11(17)14-8-4-5-8/h8H,3-7H2,1-2H3,(H2,13,15)(H,14,17). The number of anilines is 2. The van der Waals surface area contributed by atoms with E-state index >= 15 is 0 Å². The van der Waals surface area contributed by atoms with Gasteiger partial charge in [0, 0.05) is 26.2 Å². The van der Waals surface area contributed by atoms with E-state index in [0.717, 1.165) is 17.8 Å². The van der Waals surface area contributed by atoms with E-state index < -0.39 is 0 Å². The Balaban J connectivity index is 2.04. The van der Waals surface area contributed by atoms with Crippen molar-refractivity contribution >= 4 is 28.3 Å². The van der Waals surface area contributed by atoms with Crippen molar-refractivity contribution < 1.29 is 9.53 Å². The number of rotatable bonds is 7. The molecule has 0 aromatic carbocycles. The molecule has 6 nitrogen and oxygen atoms in total. The van der Waals surface area contributed by atoms with Crippen molar-refractivity contribution in [3.05, 3.63) is 5.56 Å². The Morgan fingerprint density at radius 1 is 1.63 bits per heavy atom. The van der Waals surface area contributed by atoms with Crippen LogP contribution in [0.4, 0.5) is 10.8 Å². The summed E-state index contributed by atoms with van der Waals surface area (Å²) in [4.78, 5) is 14.1. The van der Waals surface area contributed by atoms with E-state index in [1.807, 2.05) is 18.9 Å². The SMILES string of the molecule is CCOCCN(C)c1snc(N)c1C(=O)NC1CC1. The van der Waals surface area contributed by atoms with Gasteiger partial charge in [-0.25, -0.2) is 0 Å². The normalized spacial score (nSPS) is 14.4. The molecule has 1 fully saturated rings. The lowest BCUT2D eigenvalue weighted by Crippen LogP contribution is -2.29. The van der Waals surface area contributed by atoms with Crippen LogP contribution >= 0.6 is 11.5 Å². The number of hydrogen-bond donors (Lipinski definition) is 2. The van der Waals surface area contributed by atoms with Gasteiger partial charge in [0.25, 0.3) is 5.91 Å². The first-order valence-corrected chi connectivity index (χ1v) is 7.25. The minimum Gasteiger partial charge on any atom is -0.382 e. The summed E-state index contributed by atoms with van der Waals surface area (Å²) < 4.78 is 9.41. The number of aromatic nitrogens is 1. The summed E-state index contributed by atoms with van der Waals surface area (Å²) in [5.74, 6) is 0.188. The van der Waals surface area contributed by atoms with Crippen molar-refractivity contribution in [1.82, 2.24) is 9.69 Å². The Morgan fingerprint density at radius 3 is 3.00 bits per heavy atom. The van der Waals surface area contributed by atoms with Crippen molar-refractivity contribution in [2.75, 3.05) is 37.4 Å². The van der Waals surface area contributed by atoms with Gasteiger partial charge in [-0.1, -0.05) is 0 Å². The van der Waals surface area contributed by atoms with Gasteiger partial charge in [0.2, 0.25) is 0 Å². The molecule has 1 aliphatic rings. The van der Waals surface area contributed by atoms with Crippen LogP contribution in [0.15, 0.2) is 0 Å². The Kier molecular flexibility index (Phi) is 4.60. The van der Waals surface area contributed by atoms with Crippen LogP contribution in [-0.4, -0.2) is 43.1 Å². The highest BCUT2D eigenvalue weighted by Gasteiger charge is 2.28. The molecule has 0 saturated heterocycles. The zero-order chi connectivity index (χ0) is 13.8. The minimum atomic E-state index is -0.119. The summed E-state index contributed by atoms with van der Waals surface area (Å²) in [6, 6.07) is 0.313. The molecule has 106 valence electrons. The predicted octanol–water partition coefficient (Wildman–Crippen LogP) is 1.09. The van der Waals surface area contributed by atoms with E-state index in [2.05, 4.69) is 9.69 Å². The number of amides is 1. The maximum atomic E-state index is 12.1. The highest BCUT2D eigenvalue weighted by Crippen LogP contribution is 2.30. The number of nitrogen functional groups attached to an aromatic ring is 1. The van der Waals surface area contributed by atoms with Gasteiger partial charge in [-0.2, -0.15) is 4.37 Å². The molecule has 0 radical (unpaired) electrons. The number of carbonyl (C=O) groups is 1. The summed E-state index contributed by atoms with van der Waals surface area (Å²) in [6.07, 6.45) is 2.11. The highest BCUT2D eigenvalue weighted by atomic mass is 32.1. The third-order valence-electron chi connectivity index (χ3n) is 2.96. The first-order valence-electron chi connectivity index (χ1n) is 6.48. The number of carbonyl (C=O) groups excluding carboxylic acids is 1. The first-order chi connectivity index (χ1) is 9.13. The van der Waals surface area contributed by atoms with Crippen LogP contribution in [0.1, 0.15) is 30.1 Å². The summed E-state index contributed by atoms with van der Waals surface area (Å²) in [5, 5.41) is 3.75. The van der Waals surface area contributed by atoms with E-state index in [9.17, 15) is 4.79 Å². The van der Waals surface area contributed by atoms with Crippen LogP contribution in [-0.2, 0) is 4.74 Å². The molecule has 1 aromatic rings. The highest BCUT2D eigenvalue weighted by molar-refractivity contribution is 7.11. The fourth-order valence-corrected chi connectivity index (χ4v) is 2.50. The molecule has 1 aliphatic carbocycles. The second-order valence-corrected chi connectivity index (χ2v) is 5.37. The maximum absolute atomic E-state index is 12.1. The lowest BCUT2D eigenvalue weighted by molar-refractivity contribution is 0.0952. The molecule has 2 rings (SSSR count). The molecule has 0 spiro atoms. The van der Waals surface area contributed by atoms with Gasteiger partial charge >= 0.3 is 0 Å². The molecule has 0 atom stereocenters. The van der Waals surface area contributed by atoms with E-state index in [1.54, 1.807) is 0 Å². The zero-order valence-electron chi connectivity index (χ0n) is 11.3. The van der Waals surface area contributed by atoms with Gasteiger partial charge in [0.1, 0.15) is 10.6 Å². The van der Waals surface area contributed by atoms with Crippen molar-refractivity contribution in [3.8, 4) is 0 Å². The number of nitrogens with one attached hydrogen (secondary N) is 1. The molecule has 0 unspecified atom stereocenters. The predicted molar refractivity (Wildman–Crippen MR) is 76.8 cm³/mol. The summed E-state index contributed by atoms with van der Waals surface area (Å²) >= 11 is 1.25. The zero-order valence-corrected chi connectivity index (χ0v) is 12.1. The molecule has 1 amide bonds.